The fourth-order valence-electron chi connectivity index (χ4n) is 3.17. The fraction of sp³-hybridized carbons (Fsp3) is 0.211. The van der Waals surface area contributed by atoms with E-state index in [1.807, 2.05) is 42.5 Å². The maximum Gasteiger partial charge on any atom is 1.00 e. The summed E-state index contributed by atoms with van der Waals surface area (Å²) in [4.78, 5) is 26.6. The predicted molar refractivity (Wildman–Crippen MR) is 94.0 cm³/mol. The van der Waals surface area contributed by atoms with Gasteiger partial charge in [0.1, 0.15) is 11.9 Å². The molecule has 27 heavy (non-hydrogen) atoms. The summed E-state index contributed by atoms with van der Waals surface area (Å²) >= 11 is 0. The first-order valence-corrected chi connectivity index (χ1v) is 8.04. The van der Waals surface area contributed by atoms with Crippen molar-refractivity contribution >= 4 is 34.1 Å². The molecule has 0 amide bonds. The summed E-state index contributed by atoms with van der Waals surface area (Å²) in [5, 5.41) is 22.6. The quantitative estimate of drug-likeness (QED) is 0.269. The number of carboxylic acids is 1. The number of anilines is 2. The van der Waals surface area contributed by atoms with Crippen LogP contribution in [0.2, 0.25) is 0 Å². The van der Waals surface area contributed by atoms with Crippen LogP contribution < -0.4 is 44.5 Å². The zero-order chi connectivity index (χ0) is 18.8. The minimum atomic E-state index is -1.32. The van der Waals surface area contributed by atoms with Crippen LogP contribution in [0.15, 0.2) is 47.8 Å². The van der Waals surface area contributed by atoms with Crippen LogP contribution in [0.1, 0.15) is 6.92 Å². The van der Waals surface area contributed by atoms with Crippen molar-refractivity contribution in [2.24, 2.45) is 0 Å². The molecule has 8 heteroatoms. The number of hydrogen-bond acceptors (Lipinski definition) is 7. The Balaban J connectivity index is 0.00000261. The SMILES string of the molecule is CCOC(=O)/C(C#N)=C1/N(C)c2ccc3ccccc3c2N1CC(=O)[O-].[Na+]. The van der Waals surface area contributed by atoms with E-state index < -0.39 is 18.5 Å². The number of carbonyl (C=O) groups is 2. The average molecular weight is 373 g/mol. The number of nitriles is 1. The van der Waals surface area contributed by atoms with Crippen molar-refractivity contribution in [3.05, 3.63) is 47.8 Å². The van der Waals surface area contributed by atoms with Crippen LogP contribution in [0, 0.1) is 11.3 Å². The first-order valence-electron chi connectivity index (χ1n) is 8.04. The van der Waals surface area contributed by atoms with Gasteiger partial charge in [-0.25, -0.2) is 4.79 Å². The van der Waals surface area contributed by atoms with Gasteiger partial charge in [-0.3, -0.25) is 0 Å². The van der Waals surface area contributed by atoms with Gasteiger partial charge in [-0.2, -0.15) is 5.26 Å². The van der Waals surface area contributed by atoms with Crippen molar-refractivity contribution in [1.82, 2.24) is 0 Å². The molecule has 0 fully saturated rings. The molecular formula is C19H16N3NaO4. The first kappa shape index (κ1) is 20.8. The molecule has 0 N–H and O–H groups in total. The zero-order valence-corrected chi connectivity index (χ0v) is 17.4. The van der Waals surface area contributed by atoms with Gasteiger partial charge < -0.3 is 24.4 Å². The van der Waals surface area contributed by atoms with Crippen LogP contribution >= 0.6 is 0 Å². The second-order valence-electron chi connectivity index (χ2n) is 5.70. The van der Waals surface area contributed by atoms with Gasteiger partial charge in [0.25, 0.3) is 0 Å². The van der Waals surface area contributed by atoms with E-state index in [0.717, 1.165) is 10.8 Å². The molecule has 1 heterocycles. The standard InChI is InChI=1S/C19H17N3O4.Na/c1-3-26-19(25)14(10-20)18-21(2)15-9-8-12-6-4-5-7-13(12)17(15)22(18)11-16(23)24;/h4-9H,3,11H2,1-2H3,(H,23,24);/q;+1/p-1/b18-14-;. The summed E-state index contributed by atoms with van der Waals surface area (Å²) in [6.45, 7) is 1.25. The predicted octanol–water partition coefficient (Wildman–Crippen LogP) is -1.85. The summed E-state index contributed by atoms with van der Waals surface area (Å²) in [7, 11) is 1.68. The molecule has 0 aliphatic carbocycles. The number of esters is 1. The Morgan fingerprint density at radius 3 is 2.56 bits per heavy atom. The van der Waals surface area contributed by atoms with Gasteiger partial charge in [-0.05, 0) is 18.4 Å². The van der Waals surface area contributed by atoms with Crippen molar-refractivity contribution in [3.63, 3.8) is 0 Å². The molecule has 0 unspecified atom stereocenters. The van der Waals surface area contributed by atoms with Gasteiger partial charge in [0.15, 0.2) is 5.57 Å². The number of benzene rings is 2. The number of nitrogens with zero attached hydrogens (tertiary/aromatic N) is 3. The van der Waals surface area contributed by atoms with Gasteiger partial charge in [0.05, 0.1) is 30.5 Å². The van der Waals surface area contributed by atoms with Gasteiger partial charge >= 0.3 is 35.5 Å². The van der Waals surface area contributed by atoms with Gasteiger partial charge in [0.2, 0.25) is 0 Å². The molecule has 7 nitrogen and oxygen atoms in total. The van der Waals surface area contributed by atoms with Crippen molar-refractivity contribution in [1.29, 1.82) is 5.26 Å². The molecule has 132 valence electrons. The monoisotopic (exact) mass is 373 g/mol. The summed E-state index contributed by atoms with van der Waals surface area (Å²) in [6, 6.07) is 13.1. The largest absolute Gasteiger partial charge is 1.00 e. The number of carboxylic acid groups (broad SMARTS) is 1. The molecule has 3 rings (SSSR count). The number of hydrogen-bond donors (Lipinski definition) is 0. The van der Waals surface area contributed by atoms with Gasteiger partial charge in [-0.15, -0.1) is 0 Å². The third-order valence-electron chi connectivity index (χ3n) is 4.19. The third-order valence-corrected chi connectivity index (χ3v) is 4.19. The molecule has 2 aromatic carbocycles. The van der Waals surface area contributed by atoms with E-state index in [0.29, 0.717) is 11.4 Å². The maximum absolute atomic E-state index is 12.2. The van der Waals surface area contributed by atoms with E-state index in [1.165, 1.54) is 4.90 Å². The van der Waals surface area contributed by atoms with Crippen molar-refractivity contribution in [2.45, 2.75) is 6.92 Å². The molecule has 1 aliphatic rings. The Labute approximate surface area is 178 Å². The van der Waals surface area contributed by atoms with Crippen LogP contribution in [0.4, 0.5) is 11.4 Å². The normalized spacial score (nSPS) is 14.3. The molecule has 0 spiro atoms. The van der Waals surface area contributed by atoms with E-state index >= 15 is 0 Å². The molecule has 0 saturated carbocycles. The van der Waals surface area contributed by atoms with E-state index in [4.69, 9.17) is 4.74 Å². The van der Waals surface area contributed by atoms with Crippen LogP contribution in [0.3, 0.4) is 0 Å². The number of ether oxygens (including phenoxy) is 1. The number of rotatable bonds is 4. The molecule has 0 radical (unpaired) electrons. The van der Waals surface area contributed by atoms with E-state index in [2.05, 4.69) is 0 Å². The minimum Gasteiger partial charge on any atom is -0.548 e. The Kier molecular flexibility index (Phi) is 6.50. The van der Waals surface area contributed by atoms with Crippen LogP contribution in [0.5, 0.6) is 0 Å². The van der Waals surface area contributed by atoms with Gasteiger partial charge in [0, 0.05) is 12.4 Å². The maximum atomic E-state index is 12.2. The molecule has 0 saturated heterocycles. The second-order valence-corrected chi connectivity index (χ2v) is 5.70. The minimum absolute atomic E-state index is 0. The summed E-state index contributed by atoms with van der Waals surface area (Å²) in [5.74, 6) is -1.95. The fourth-order valence-corrected chi connectivity index (χ4v) is 3.17. The molecular weight excluding hydrogens is 357 g/mol. The van der Waals surface area contributed by atoms with Gasteiger partial charge in [-0.1, -0.05) is 30.3 Å². The second kappa shape index (κ2) is 8.44. The zero-order valence-electron chi connectivity index (χ0n) is 15.4. The van der Waals surface area contributed by atoms with E-state index in [1.54, 1.807) is 18.9 Å². The summed E-state index contributed by atoms with van der Waals surface area (Å²) in [5.41, 5.74) is 1.05. The van der Waals surface area contributed by atoms with Crippen molar-refractivity contribution < 1.29 is 49.0 Å². The molecule has 0 aromatic heterocycles. The summed E-state index contributed by atoms with van der Waals surface area (Å²) < 4.78 is 4.96. The Morgan fingerprint density at radius 2 is 1.93 bits per heavy atom. The number of carbonyl (C=O) groups excluding carboxylic acids is 2. The first-order chi connectivity index (χ1) is 12.5. The van der Waals surface area contributed by atoms with Crippen LogP contribution in [-0.4, -0.2) is 32.1 Å². The number of fused-ring (bicyclic) bond motifs is 3. The molecule has 1 aliphatic heterocycles. The van der Waals surface area contributed by atoms with E-state index in [-0.39, 0.29) is 47.6 Å². The Hall–Kier alpha value is -2.53. The van der Waals surface area contributed by atoms with Crippen molar-refractivity contribution in [3.8, 4) is 6.07 Å². The molecule has 0 atom stereocenters. The Bertz CT molecular complexity index is 981. The topological polar surface area (TPSA) is 96.7 Å². The van der Waals surface area contributed by atoms with Crippen molar-refractivity contribution in [2.75, 3.05) is 30.0 Å². The Morgan fingerprint density at radius 1 is 1.22 bits per heavy atom. The average Bonchev–Trinajstić information content (AvgIpc) is 2.88. The third kappa shape index (κ3) is 3.65. The van der Waals surface area contributed by atoms with Crippen LogP contribution in [0.25, 0.3) is 10.8 Å². The smallest absolute Gasteiger partial charge is 0.548 e. The molecule has 2 aromatic rings. The van der Waals surface area contributed by atoms with Crippen LogP contribution in [-0.2, 0) is 14.3 Å². The molecule has 0 bridgehead atoms. The number of aliphatic carboxylic acids is 1. The summed E-state index contributed by atoms with van der Waals surface area (Å²) in [6.07, 6.45) is 0. The van der Waals surface area contributed by atoms with E-state index in [9.17, 15) is 20.0 Å².